The molecule has 0 aromatic rings. The van der Waals surface area contributed by atoms with Gasteiger partial charge in [0.05, 0.1) is 5.25 Å². The predicted octanol–water partition coefficient (Wildman–Crippen LogP) is 0.943. The van der Waals surface area contributed by atoms with Gasteiger partial charge in [0.15, 0.2) is 0 Å². The van der Waals surface area contributed by atoms with E-state index in [9.17, 15) is 8.42 Å². The first-order valence-electron chi connectivity index (χ1n) is 6.33. The zero-order chi connectivity index (χ0) is 11.6. The van der Waals surface area contributed by atoms with Crippen LogP contribution in [0.25, 0.3) is 0 Å². The molecule has 16 heavy (non-hydrogen) atoms. The van der Waals surface area contributed by atoms with Crippen molar-refractivity contribution in [1.29, 1.82) is 0 Å². The van der Waals surface area contributed by atoms with Gasteiger partial charge in [-0.15, -0.1) is 0 Å². The second-order valence-corrected chi connectivity index (χ2v) is 7.23. The predicted molar refractivity (Wildman–Crippen MR) is 64.8 cm³/mol. The Morgan fingerprint density at radius 2 is 1.88 bits per heavy atom. The van der Waals surface area contributed by atoms with E-state index >= 15 is 0 Å². The summed E-state index contributed by atoms with van der Waals surface area (Å²) in [6, 6.07) is 0.284. The van der Waals surface area contributed by atoms with Crippen LogP contribution in [-0.4, -0.2) is 43.6 Å². The minimum Gasteiger partial charge on any atom is -0.312 e. The molecule has 1 N–H and O–H groups in total. The first-order valence-corrected chi connectivity index (χ1v) is 7.83. The van der Waals surface area contributed by atoms with E-state index in [1.807, 2.05) is 6.92 Å². The van der Waals surface area contributed by atoms with Gasteiger partial charge >= 0.3 is 0 Å². The number of nitrogens with one attached hydrogen (secondary N) is 1. The fourth-order valence-corrected chi connectivity index (χ4v) is 4.83. The molecule has 0 radical (unpaired) electrons. The number of nitrogens with zero attached hydrogens (tertiary/aromatic N) is 1. The first-order chi connectivity index (χ1) is 7.60. The topological polar surface area (TPSA) is 49.4 Å². The van der Waals surface area contributed by atoms with Crippen molar-refractivity contribution in [3.63, 3.8) is 0 Å². The minimum absolute atomic E-state index is 0.105. The summed E-state index contributed by atoms with van der Waals surface area (Å²) in [6.45, 7) is 4.11. The zero-order valence-electron chi connectivity index (χ0n) is 9.98. The molecule has 1 heterocycles. The molecule has 94 valence electrons. The Morgan fingerprint density at radius 1 is 1.19 bits per heavy atom. The highest BCUT2D eigenvalue weighted by Crippen LogP contribution is 2.26. The maximum Gasteiger partial charge on any atom is 0.217 e. The van der Waals surface area contributed by atoms with Gasteiger partial charge in [-0.2, -0.15) is 4.31 Å². The molecule has 0 bridgehead atoms. The van der Waals surface area contributed by atoms with Gasteiger partial charge in [-0.3, -0.25) is 0 Å². The molecule has 1 unspecified atom stereocenters. The second-order valence-electron chi connectivity index (χ2n) is 5.02. The van der Waals surface area contributed by atoms with E-state index in [4.69, 9.17) is 0 Å². The van der Waals surface area contributed by atoms with Crippen LogP contribution in [0.3, 0.4) is 0 Å². The summed E-state index contributed by atoms with van der Waals surface area (Å²) in [7, 11) is -3.02. The van der Waals surface area contributed by atoms with Crippen LogP contribution in [0, 0.1) is 0 Å². The van der Waals surface area contributed by atoms with E-state index in [0.29, 0.717) is 13.1 Å². The van der Waals surface area contributed by atoms with E-state index in [1.165, 1.54) is 6.42 Å². The van der Waals surface area contributed by atoms with Crippen molar-refractivity contribution < 1.29 is 8.42 Å². The van der Waals surface area contributed by atoms with Crippen molar-refractivity contribution in [2.45, 2.75) is 50.3 Å². The summed E-state index contributed by atoms with van der Waals surface area (Å²) in [6.07, 6.45) is 5.07. The highest BCUT2D eigenvalue weighted by atomic mass is 32.2. The van der Waals surface area contributed by atoms with Crippen molar-refractivity contribution in [1.82, 2.24) is 9.62 Å². The summed E-state index contributed by atoms with van der Waals surface area (Å²) >= 11 is 0. The van der Waals surface area contributed by atoms with Crippen LogP contribution in [0.4, 0.5) is 0 Å². The Bertz CT molecular complexity index is 323. The Kier molecular flexibility index (Phi) is 3.87. The minimum atomic E-state index is -3.02. The molecule has 0 aromatic heterocycles. The third-order valence-corrected chi connectivity index (χ3v) is 6.03. The lowest BCUT2D eigenvalue weighted by Gasteiger charge is -2.34. The summed E-state index contributed by atoms with van der Waals surface area (Å²) in [5.41, 5.74) is 0. The van der Waals surface area contributed by atoms with Crippen molar-refractivity contribution >= 4 is 10.0 Å². The van der Waals surface area contributed by atoms with Crippen molar-refractivity contribution in [3.05, 3.63) is 0 Å². The monoisotopic (exact) mass is 246 g/mol. The van der Waals surface area contributed by atoms with Gasteiger partial charge in [-0.1, -0.05) is 19.3 Å². The van der Waals surface area contributed by atoms with Gasteiger partial charge in [0.1, 0.15) is 0 Å². The average molecular weight is 246 g/mol. The summed E-state index contributed by atoms with van der Waals surface area (Å²) in [5.74, 6) is 0. The van der Waals surface area contributed by atoms with Gasteiger partial charge < -0.3 is 5.32 Å². The smallest absolute Gasteiger partial charge is 0.217 e. The number of piperazine rings is 1. The quantitative estimate of drug-likeness (QED) is 0.789. The van der Waals surface area contributed by atoms with Gasteiger partial charge in [0.2, 0.25) is 10.0 Å². The van der Waals surface area contributed by atoms with Gasteiger partial charge in [0, 0.05) is 25.7 Å². The normalized spacial score (nSPS) is 30.4. The van der Waals surface area contributed by atoms with Crippen LogP contribution >= 0.6 is 0 Å². The Morgan fingerprint density at radius 3 is 2.50 bits per heavy atom. The molecule has 0 spiro atoms. The lowest BCUT2D eigenvalue weighted by molar-refractivity contribution is 0.302. The molecule has 1 atom stereocenters. The lowest BCUT2D eigenvalue weighted by atomic mass is 10.0. The number of hydrogen-bond donors (Lipinski definition) is 1. The van der Waals surface area contributed by atoms with Crippen LogP contribution in [0.15, 0.2) is 0 Å². The van der Waals surface area contributed by atoms with Crippen LogP contribution in [-0.2, 0) is 10.0 Å². The molecular weight excluding hydrogens is 224 g/mol. The van der Waals surface area contributed by atoms with E-state index in [1.54, 1.807) is 4.31 Å². The third-order valence-electron chi connectivity index (χ3n) is 3.66. The Labute approximate surface area is 98.4 Å². The number of rotatable bonds is 2. The summed E-state index contributed by atoms with van der Waals surface area (Å²) in [4.78, 5) is 0. The maximum absolute atomic E-state index is 12.4. The van der Waals surface area contributed by atoms with Crippen molar-refractivity contribution in [2.24, 2.45) is 0 Å². The lowest BCUT2D eigenvalue weighted by Crippen LogP contribution is -2.53. The van der Waals surface area contributed by atoms with E-state index < -0.39 is 10.0 Å². The van der Waals surface area contributed by atoms with Crippen LogP contribution < -0.4 is 5.32 Å². The fourth-order valence-electron chi connectivity index (χ4n) is 2.70. The molecule has 1 aliphatic carbocycles. The van der Waals surface area contributed by atoms with Gasteiger partial charge in [-0.25, -0.2) is 8.42 Å². The van der Waals surface area contributed by atoms with E-state index in [0.717, 1.165) is 32.2 Å². The van der Waals surface area contributed by atoms with Crippen LogP contribution in [0.2, 0.25) is 0 Å². The Balaban J connectivity index is 2.05. The maximum atomic E-state index is 12.4. The molecule has 1 aliphatic heterocycles. The van der Waals surface area contributed by atoms with Crippen molar-refractivity contribution in [2.75, 3.05) is 19.6 Å². The van der Waals surface area contributed by atoms with Crippen molar-refractivity contribution in [3.8, 4) is 0 Å². The highest BCUT2D eigenvalue weighted by Gasteiger charge is 2.34. The van der Waals surface area contributed by atoms with E-state index in [-0.39, 0.29) is 11.3 Å². The van der Waals surface area contributed by atoms with Gasteiger partial charge in [0.25, 0.3) is 0 Å². The standard InChI is InChI=1S/C11H22N2O2S/c1-10-9-13(8-7-12-10)16(14,15)11-5-3-2-4-6-11/h10-12H,2-9H2,1H3. The Hall–Kier alpha value is -0.130. The number of sulfonamides is 1. The molecule has 2 aliphatic rings. The zero-order valence-corrected chi connectivity index (χ0v) is 10.8. The van der Waals surface area contributed by atoms with Gasteiger partial charge in [-0.05, 0) is 19.8 Å². The molecule has 0 aromatic carbocycles. The molecule has 2 fully saturated rings. The summed E-state index contributed by atoms with van der Waals surface area (Å²) in [5, 5.41) is 3.18. The molecule has 4 nitrogen and oxygen atoms in total. The SMILES string of the molecule is CC1CN(S(=O)(=O)C2CCCCC2)CCN1. The average Bonchev–Trinajstić information content (AvgIpc) is 2.30. The van der Waals surface area contributed by atoms with Crippen LogP contribution in [0.1, 0.15) is 39.0 Å². The molecule has 0 amide bonds. The van der Waals surface area contributed by atoms with E-state index in [2.05, 4.69) is 5.32 Å². The summed E-state index contributed by atoms with van der Waals surface area (Å²) < 4.78 is 26.5. The first kappa shape index (κ1) is 12.3. The highest BCUT2D eigenvalue weighted by molar-refractivity contribution is 7.89. The second kappa shape index (κ2) is 5.02. The number of hydrogen-bond acceptors (Lipinski definition) is 3. The molecule has 2 rings (SSSR count). The molecule has 1 saturated heterocycles. The molecule has 1 saturated carbocycles. The molecular formula is C11H22N2O2S. The molecule has 5 heteroatoms. The van der Waals surface area contributed by atoms with Crippen LogP contribution in [0.5, 0.6) is 0 Å². The fraction of sp³-hybridized carbons (Fsp3) is 1.00. The largest absolute Gasteiger partial charge is 0.312 e. The third kappa shape index (κ3) is 2.57.